The zero-order valence-corrected chi connectivity index (χ0v) is 51.5. The van der Waals surface area contributed by atoms with Gasteiger partial charge >= 0.3 is 0 Å². The highest BCUT2D eigenvalue weighted by Crippen LogP contribution is 2.51. The van der Waals surface area contributed by atoms with Gasteiger partial charge in [0.25, 0.3) is 47.3 Å². The molecule has 10 aromatic carbocycles. The highest BCUT2D eigenvalue weighted by molar-refractivity contribution is 7.13. The molecule has 11 aromatic rings. The van der Waals surface area contributed by atoms with E-state index in [4.69, 9.17) is 0 Å². The Morgan fingerprint density at radius 1 is 0.270 bits per heavy atom. The maximum absolute atomic E-state index is 14.9. The second-order valence-corrected chi connectivity index (χ2v) is 25.2. The minimum atomic E-state index is -0.387. The molecule has 4 aliphatic heterocycles. The van der Waals surface area contributed by atoms with Gasteiger partial charge in [-0.25, -0.2) is 0 Å². The molecule has 0 spiro atoms. The summed E-state index contributed by atoms with van der Waals surface area (Å²) in [7, 11) is 0. The van der Waals surface area contributed by atoms with E-state index >= 15 is 0 Å². The molecule has 5 heterocycles. The van der Waals surface area contributed by atoms with Crippen LogP contribution in [0.2, 0.25) is 0 Å². The Hall–Kier alpha value is -9.82. The van der Waals surface area contributed by atoms with Crippen molar-refractivity contribution in [3.05, 3.63) is 162 Å². The molecule has 0 saturated heterocycles. The number of hydrogen-bond acceptors (Lipinski definition) is 9. The zero-order valence-electron chi connectivity index (χ0n) is 50.7. The maximum atomic E-state index is 14.9. The summed E-state index contributed by atoms with van der Waals surface area (Å²) in [5.41, 5.74) is 4.44. The van der Waals surface area contributed by atoms with Crippen LogP contribution in [-0.2, 0) is 0 Å². The molecule has 89 heavy (non-hydrogen) atoms. The summed E-state index contributed by atoms with van der Waals surface area (Å²) in [5, 5.41) is 11.1. The van der Waals surface area contributed by atoms with Gasteiger partial charge in [-0.05, 0) is 155 Å². The van der Waals surface area contributed by atoms with Gasteiger partial charge in [0, 0.05) is 123 Å². The Bertz CT molecular complexity index is 4890. The van der Waals surface area contributed by atoms with Gasteiger partial charge in [0.1, 0.15) is 0 Å². The maximum Gasteiger partial charge on any atom is 0.261 e. The van der Waals surface area contributed by atoms with E-state index < -0.39 is 0 Å². The lowest BCUT2D eigenvalue weighted by Gasteiger charge is -2.34. The molecule has 0 atom stereocenters. The van der Waals surface area contributed by atoms with Crippen molar-refractivity contribution < 1.29 is 38.4 Å². The smallest absolute Gasteiger partial charge is 0.261 e. The van der Waals surface area contributed by atoms with Crippen molar-refractivity contribution in [3.8, 4) is 23.7 Å². The van der Waals surface area contributed by atoms with E-state index in [2.05, 4.69) is 23.7 Å². The molecule has 0 radical (unpaired) electrons. The number of carbonyl (C=O) groups is 8. The van der Waals surface area contributed by atoms with Gasteiger partial charge in [0.05, 0.1) is 9.75 Å². The number of nitrogens with zero attached hydrogens (tertiary/aromatic N) is 4. The number of amides is 8. The Labute approximate surface area is 517 Å². The van der Waals surface area contributed by atoms with Gasteiger partial charge in [-0.1, -0.05) is 115 Å². The molecule has 1 aromatic heterocycles. The minimum Gasteiger partial charge on any atom is -0.271 e. The van der Waals surface area contributed by atoms with E-state index in [9.17, 15) is 38.4 Å². The Morgan fingerprint density at radius 3 is 0.775 bits per heavy atom. The lowest BCUT2D eigenvalue weighted by atomic mass is 9.80. The number of thiophene rings is 1. The van der Waals surface area contributed by atoms with Gasteiger partial charge in [0.15, 0.2) is 0 Å². The predicted octanol–water partition coefficient (Wildman–Crippen LogP) is 15.8. The highest BCUT2D eigenvalue weighted by Gasteiger charge is 2.43. The van der Waals surface area contributed by atoms with Crippen molar-refractivity contribution in [1.29, 1.82) is 0 Å². The van der Waals surface area contributed by atoms with E-state index in [1.807, 2.05) is 104 Å². The molecule has 438 valence electrons. The Kier molecular flexibility index (Phi) is 12.8. The molecule has 4 aliphatic rings. The third-order valence-corrected chi connectivity index (χ3v) is 21.0. The number of carbonyl (C=O) groups excluding carboxylic acids is 8. The van der Waals surface area contributed by atoms with Crippen molar-refractivity contribution in [2.24, 2.45) is 0 Å². The zero-order chi connectivity index (χ0) is 61.9. The standard InChI is InChI=1S/C76H60N4O8S/c1-9-39(10-2)77-69(81)51-29-23-45-47-25-31-55-65-57(75(87)79(73(55)85)41(13-5)14-6)35-37(59(67(47)65)49-27-33-53(71(77)83)63(51)61(45)49)17-19-43-21-22-44(89-43)20-18-38-36-58-66-56(74(86)80(76(58)88)42(15-7)16-8)32-26-48-46-24-30-52-64-54(34-28-50(62(46)64)60(38)68(48)66)72(84)78(70(52)82)40(11-3)12-4/h21-36,39-42H,9-16H2,1-8H3. The van der Waals surface area contributed by atoms with Crippen LogP contribution in [0.25, 0.3) is 86.2 Å². The van der Waals surface area contributed by atoms with E-state index in [0.717, 1.165) is 43.1 Å². The third-order valence-electron chi connectivity index (χ3n) is 20.1. The lowest BCUT2D eigenvalue weighted by molar-refractivity contribution is 0.0514. The first-order chi connectivity index (χ1) is 43.2. The van der Waals surface area contributed by atoms with E-state index in [1.165, 1.54) is 30.9 Å². The average Bonchev–Trinajstić information content (AvgIpc) is 0.780. The van der Waals surface area contributed by atoms with Crippen LogP contribution in [0.4, 0.5) is 0 Å². The summed E-state index contributed by atoms with van der Waals surface area (Å²) in [6.45, 7) is 15.8. The fraction of sp³-hybridized carbons (Fsp3) is 0.263. The quantitative estimate of drug-likeness (QED) is 0.0508. The first-order valence-corrected chi connectivity index (χ1v) is 32.1. The van der Waals surface area contributed by atoms with E-state index in [1.54, 1.807) is 48.5 Å². The van der Waals surface area contributed by atoms with Crippen molar-refractivity contribution in [2.45, 2.75) is 131 Å². The third kappa shape index (κ3) is 7.43. The van der Waals surface area contributed by atoms with Crippen LogP contribution >= 0.6 is 11.3 Å². The van der Waals surface area contributed by atoms with Crippen molar-refractivity contribution in [2.75, 3.05) is 0 Å². The van der Waals surface area contributed by atoms with Crippen LogP contribution in [-0.4, -0.2) is 91.0 Å². The molecule has 13 heteroatoms. The second-order valence-electron chi connectivity index (χ2n) is 24.1. The Balaban J connectivity index is 0.926. The number of rotatable bonds is 12. The summed E-state index contributed by atoms with van der Waals surface area (Å²) in [6, 6.07) is 28.6. The highest BCUT2D eigenvalue weighted by atomic mass is 32.1. The molecule has 0 unspecified atom stereocenters. The summed E-state index contributed by atoms with van der Waals surface area (Å²) in [6.07, 6.45) is 4.81. The molecule has 0 bridgehead atoms. The molecule has 0 saturated carbocycles. The van der Waals surface area contributed by atoms with Crippen LogP contribution in [0, 0.1) is 23.7 Å². The molecule has 12 nitrogen and oxygen atoms in total. The molecular formula is C76H60N4O8S. The SMILES string of the molecule is CCC(CC)N1C(=O)c2ccc3c4ccc5c6c(cc(C#Cc7ccc(C#Cc8cc9c%10c(ccc%11c%12ccc%13c%14c(ccc(c8c%10%11)c%14%12)C(=O)N(C(CC)CC)C%13=O)C(=O)N(C(CC)CC)C9=O)s7)c(c7ccc(c2c37)C1=O)c64)C(=O)N(C(CC)CC)C5=O. The lowest BCUT2D eigenvalue weighted by Crippen LogP contribution is -2.46. The predicted molar refractivity (Wildman–Crippen MR) is 351 cm³/mol. The summed E-state index contributed by atoms with van der Waals surface area (Å²) in [4.78, 5) is 124. The summed E-state index contributed by atoms with van der Waals surface area (Å²) < 4.78 is 0. The fourth-order valence-electron chi connectivity index (χ4n) is 15.7. The summed E-state index contributed by atoms with van der Waals surface area (Å²) >= 11 is 1.37. The van der Waals surface area contributed by atoms with Crippen LogP contribution in [0.3, 0.4) is 0 Å². The molecule has 0 aliphatic carbocycles. The first kappa shape index (κ1) is 55.7. The largest absolute Gasteiger partial charge is 0.271 e. The first-order valence-electron chi connectivity index (χ1n) is 31.3. The van der Waals surface area contributed by atoms with Gasteiger partial charge in [-0.15, -0.1) is 11.3 Å². The van der Waals surface area contributed by atoms with Gasteiger partial charge in [-0.3, -0.25) is 58.0 Å². The molecule has 15 rings (SSSR count). The number of benzene rings is 10. The van der Waals surface area contributed by atoms with Gasteiger partial charge in [0.2, 0.25) is 0 Å². The van der Waals surface area contributed by atoms with Crippen LogP contribution in [0.1, 0.15) is 211 Å². The topological polar surface area (TPSA) is 150 Å². The molecule has 0 N–H and O–H groups in total. The van der Waals surface area contributed by atoms with Gasteiger partial charge in [-0.2, -0.15) is 0 Å². The normalized spacial score (nSPS) is 15.0. The molecule has 0 fully saturated rings. The monoisotopic (exact) mass is 1190 g/mol. The number of imide groups is 4. The number of fused-ring (bicyclic) bond motifs is 4. The molecule has 8 amide bonds. The van der Waals surface area contributed by atoms with Crippen LogP contribution in [0.15, 0.2) is 97.1 Å². The van der Waals surface area contributed by atoms with Crippen LogP contribution in [0.5, 0.6) is 0 Å². The van der Waals surface area contributed by atoms with Crippen molar-refractivity contribution >= 4 is 145 Å². The van der Waals surface area contributed by atoms with E-state index in [0.29, 0.717) is 160 Å². The second kappa shape index (κ2) is 20.4. The fourth-order valence-corrected chi connectivity index (χ4v) is 16.4. The number of hydrogen-bond donors (Lipinski definition) is 0. The van der Waals surface area contributed by atoms with Crippen molar-refractivity contribution in [1.82, 2.24) is 19.6 Å². The van der Waals surface area contributed by atoms with Gasteiger partial charge < -0.3 is 0 Å². The minimum absolute atomic E-state index is 0.268. The van der Waals surface area contributed by atoms with Crippen molar-refractivity contribution in [3.63, 3.8) is 0 Å². The van der Waals surface area contributed by atoms with E-state index in [-0.39, 0.29) is 71.4 Å². The Morgan fingerprint density at radius 2 is 0.506 bits per heavy atom. The summed E-state index contributed by atoms with van der Waals surface area (Å²) in [5.74, 6) is 11.0. The molecular weight excluding hydrogens is 1130 g/mol. The average molecular weight is 1190 g/mol. The van der Waals surface area contributed by atoms with Crippen LogP contribution < -0.4 is 0 Å².